The molecule has 0 N–H and O–H groups in total. The maximum Gasteiger partial charge on any atom is 0.343 e. The van der Waals surface area contributed by atoms with Gasteiger partial charge in [0.2, 0.25) is 0 Å². The average Bonchev–Trinajstić information content (AvgIpc) is 2.96. The van der Waals surface area contributed by atoms with Crippen LogP contribution in [-0.2, 0) is 4.74 Å². The van der Waals surface area contributed by atoms with E-state index in [-0.39, 0.29) is 16.7 Å². The zero-order valence-electron chi connectivity index (χ0n) is 23.2. The Balaban J connectivity index is 1.51. The molecule has 0 saturated heterocycles. The minimum atomic E-state index is -0.533. The Labute approximate surface area is 237 Å². The van der Waals surface area contributed by atoms with Gasteiger partial charge in [0.15, 0.2) is 0 Å². The molecule has 0 aromatic heterocycles. The van der Waals surface area contributed by atoms with Crippen molar-refractivity contribution in [2.75, 3.05) is 13.2 Å². The van der Waals surface area contributed by atoms with Gasteiger partial charge in [0, 0.05) is 0 Å². The third kappa shape index (κ3) is 9.74. The quantitative estimate of drug-likeness (QED) is 0.107. The number of ether oxygens (including phenoxy) is 3. The van der Waals surface area contributed by atoms with Crippen LogP contribution in [0.15, 0.2) is 66.7 Å². The highest BCUT2D eigenvalue weighted by Crippen LogP contribution is 2.28. The molecule has 0 radical (unpaired) electrons. The zero-order chi connectivity index (χ0) is 28.0. The Morgan fingerprint density at radius 3 is 2.03 bits per heavy atom. The molecule has 0 saturated carbocycles. The number of hydrogen-bond acceptors (Lipinski definition) is 5. The highest BCUT2D eigenvalue weighted by atomic mass is 35.5. The maximum atomic E-state index is 12.7. The van der Waals surface area contributed by atoms with Crippen molar-refractivity contribution < 1.29 is 23.8 Å². The molecule has 0 amide bonds. The van der Waals surface area contributed by atoms with Crippen molar-refractivity contribution in [2.45, 2.75) is 65.7 Å². The van der Waals surface area contributed by atoms with Gasteiger partial charge in [-0.25, -0.2) is 9.59 Å². The average molecular weight is 551 g/mol. The normalized spacial score (nSPS) is 11.6. The van der Waals surface area contributed by atoms with Crippen molar-refractivity contribution in [1.29, 1.82) is 0 Å². The van der Waals surface area contributed by atoms with Gasteiger partial charge in [-0.1, -0.05) is 95.2 Å². The number of rotatable bonds is 15. The molecule has 0 fully saturated rings. The second kappa shape index (κ2) is 15.9. The molecule has 0 heterocycles. The van der Waals surface area contributed by atoms with Crippen molar-refractivity contribution >= 4 is 23.5 Å². The number of benzene rings is 3. The van der Waals surface area contributed by atoms with Crippen LogP contribution in [0.25, 0.3) is 11.1 Å². The Morgan fingerprint density at radius 1 is 0.769 bits per heavy atom. The van der Waals surface area contributed by atoms with Gasteiger partial charge in [-0.05, 0) is 65.9 Å². The minimum absolute atomic E-state index is 0.164. The zero-order valence-corrected chi connectivity index (χ0v) is 24.0. The van der Waals surface area contributed by atoms with Gasteiger partial charge in [0.1, 0.15) is 11.5 Å². The van der Waals surface area contributed by atoms with E-state index in [0.717, 1.165) is 36.3 Å². The number of carbonyl (C=O) groups excluding carboxylic acids is 2. The molecule has 3 aromatic carbocycles. The van der Waals surface area contributed by atoms with Gasteiger partial charge in [0.25, 0.3) is 0 Å². The summed E-state index contributed by atoms with van der Waals surface area (Å²) in [6.07, 6.45) is 8.35. The highest BCUT2D eigenvalue weighted by Gasteiger charge is 2.15. The third-order valence-corrected chi connectivity index (χ3v) is 6.94. The molecule has 208 valence electrons. The second-order valence-corrected chi connectivity index (χ2v) is 10.3. The maximum absolute atomic E-state index is 12.7. The molecule has 39 heavy (non-hydrogen) atoms. The Hall–Kier alpha value is -3.31. The first-order chi connectivity index (χ1) is 18.9. The molecule has 3 rings (SSSR count). The molecule has 0 spiro atoms. The fourth-order valence-corrected chi connectivity index (χ4v) is 4.12. The van der Waals surface area contributed by atoms with Gasteiger partial charge >= 0.3 is 11.9 Å². The van der Waals surface area contributed by atoms with E-state index < -0.39 is 11.9 Å². The van der Waals surface area contributed by atoms with Gasteiger partial charge < -0.3 is 14.2 Å². The first-order valence-electron chi connectivity index (χ1n) is 13.9. The summed E-state index contributed by atoms with van der Waals surface area (Å²) in [5.41, 5.74) is 2.71. The molecule has 0 aliphatic carbocycles. The fourth-order valence-electron chi connectivity index (χ4n) is 3.90. The molecule has 0 aliphatic rings. The van der Waals surface area contributed by atoms with Crippen LogP contribution in [0.5, 0.6) is 11.5 Å². The van der Waals surface area contributed by atoms with Crippen LogP contribution in [0.4, 0.5) is 0 Å². The molecule has 0 bridgehead atoms. The SMILES string of the molecule is CCCCCCCCOc1ccc(-c2ccc(C(=O)Oc3ccc(C(=O)OCC(C)CC)cc3Cl)cc2)cc1. The number of carbonyl (C=O) groups is 2. The van der Waals surface area contributed by atoms with Crippen LogP contribution in [-0.4, -0.2) is 25.2 Å². The lowest BCUT2D eigenvalue weighted by Gasteiger charge is -2.11. The molecule has 3 aromatic rings. The van der Waals surface area contributed by atoms with E-state index in [1.807, 2.05) is 50.2 Å². The third-order valence-electron chi connectivity index (χ3n) is 6.64. The summed E-state index contributed by atoms with van der Waals surface area (Å²) >= 11 is 6.28. The summed E-state index contributed by atoms with van der Waals surface area (Å²) < 4.78 is 16.7. The number of hydrogen-bond donors (Lipinski definition) is 0. The largest absolute Gasteiger partial charge is 0.494 e. The van der Waals surface area contributed by atoms with Crippen LogP contribution < -0.4 is 9.47 Å². The smallest absolute Gasteiger partial charge is 0.343 e. The van der Waals surface area contributed by atoms with Crippen LogP contribution in [0.1, 0.15) is 86.4 Å². The molecular weight excluding hydrogens is 512 g/mol. The van der Waals surface area contributed by atoms with Crippen LogP contribution >= 0.6 is 11.6 Å². The summed E-state index contributed by atoms with van der Waals surface area (Å²) in [6.45, 7) is 7.36. The summed E-state index contributed by atoms with van der Waals surface area (Å²) in [4.78, 5) is 24.9. The van der Waals surface area contributed by atoms with Crippen LogP contribution in [0.2, 0.25) is 5.02 Å². The van der Waals surface area contributed by atoms with Crippen molar-refractivity contribution in [3.05, 3.63) is 82.9 Å². The van der Waals surface area contributed by atoms with Gasteiger partial charge in [-0.3, -0.25) is 0 Å². The Bertz CT molecular complexity index is 1190. The van der Waals surface area contributed by atoms with E-state index in [4.69, 9.17) is 25.8 Å². The summed E-state index contributed by atoms with van der Waals surface area (Å²) in [7, 11) is 0. The lowest BCUT2D eigenvalue weighted by atomic mass is 10.0. The summed E-state index contributed by atoms with van der Waals surface area (Å²) in [6, 6.07) is 19.7. The predicted octanol–water partition coefficient (Wildman–Crippen LogP) is 9.17. The molecule has 1 unspecified atom stereocenters. The number of esters is 2. The van der Waals surface area contributed by atoms with Crippen molar-refractivity contribution in [1.82, 2.24) is 0 Å². The number of unbranched alkanes of at least 4 members (excludes halogenated alkanes) is 5. The van der Waals surface area contributed by atoms with E-state index in [0.29, 0.717) is 17.7 Å². The fraction of sp³-hybridized carbons (Fsp3) is 0.394. The Kier molecular flexibility index (Phi) is 12.4. The molecule has 5 nitrogen and oxygen atoms in total. The van der Waals surface area contributed by atoms with E-state index in [2.05, 4.69) is 6.92 Å². The first kappa shape index (κ1) is 30.2. The topological polar surface area (TPSA) is 61.8 Å². The molecule has 1 atom stereocenters. The lowest BCUT2D eigenvalue weighted by Crippen LogP contribution is -2.12. The summed E-state index contributed by atoms with van der Waals surface area (Å²) in [5, 5.41) is 0.164. The Morgan fingerprint density at radius 2 is 1.38 bits per heavy atom. The van der Waals surface area contributed by atoms with E-state index in [1.54, 1.807) is 12.1 Å². The van der Waals surface area contributed by atoms with Crippen LogP contribution in [0.3, 0.4) is 0 Å². The predicted molar refractivity (Wildman–Crippen MR) is 157 cm³/mol. The van der Waals surface area contributed by atoms with E-state index in [9.17, 15) is 9.59 Å². The van der Waals surface area contributed by atoms with Gasteiger partial charge in [0.05, 0.1) is 29.4 Å². The molecule has 6 heteroatoms. The van der Waals surface area contributed by atoms with E-state index in [1.165, 1.54) is 50.3 Å². The number of halogens is 1. The molecule has 0 aliphatic heterocycles. The second-order valence-electron chi connectivity index (χ2n) is 9.86. The van der Waals surface area contributed by atoms with Crippen LogP contribution in [0, 0.1) is 5.92 Å². The monoisotopic (exact) mass is 550 g/mol. The van der Waals surface area contributed by atoms with Crippen molar-refractivity contribution in [2.24, 2.45) is 5.92 Å². The molecular formula is C33H39ClO5. The van der Waals surface area contributed by atoms with E-state index >= 15 is 0 Å². The van der Waals surface area contributed by atoms with Gasteiger partial charge in [-0.15, -0.1) is 0 Å². The highest BCUT2D eigenvalue weighted by molar-refractivity contribution is 6.32. The summed E-state index contributed by atoms with van der Waals surface area (Å²) in [5.74, 6) is 0.334. The van der Waals surface area contributed by atoms with Crippen molar-refractivity contribution in [3.8, 4) is 22.6 Å². The van der Waals surface area contributed by atoms with Gasteiger partial charge in [-0.2, -0.15) is 0 Å². The minimum Gasteiger partial charge on any atom is -0.494 e. The van der Waals surface area contributed by atoms with Crippen molar-refractivity contribution in [3.63, 3.8) is 0 Å². The first-order valence-corrected chi connectivity index (χ1v) is 14.3. The lowest BCUT2D eigenvalue weighted by molar-refractivity contribution is 0.0447. The standard InChI is InChI=1S/C33H39ClO5/c1-4-6-7-8-9-10-21-37-29-18-15-26(16-19-29)25-11-13-27(14-12-25)33(36)39-31-20-17-28(22-30(31)34)32(35)38-23-24(3)5-2/h11-20,22,24H,4-10,21,23H2,1-3H3.